The van der Waals surface area contributed by atoms with Gasteiger partial charge in [-0.15, -0.1) is 0 Å². The van der Waals surface area contributed by atoms with Gasteiger partial charge in [0.1, 0.15) is 11.6 Å². The summed E-state index contributed by atoms with van der Waals surface area (Å²) in [5.41, 5.74) is 8.82. The predicted octanol–water partition coefficient (Wildman–Crippen LogP) is 2.61. The molecule has 0 fully saturated rings. The summed E-state index contributed by atoms with van der Waals surface area (Å²) >= 11 is 9.74. The minimum atomic E-state index is -0.572. The molecule has 0 saturated carbocycles. The van der Waals surface area contributed by atoms with Gasteiger partial charge in [-0.1, -0.05) is 20.8 Å². The first-order valence-electron chi connectivity index (χ1n) is 11.5. The van der Waals surface area contributed by atoms with Crippen molar-refractivity contribution in [2.75, 3.05) is 17.7 Å². The van der Waals surface area contributed by atoms with Crippen LogP contribution in [0.4, 0.5) is 16.4 Å². The molecule has 0 aliphatic carbocycles. The fourth-order valence-corrected chi connectivity index (χ4v) is 3.27. The first kappa shape index (κ1) is 29.2. The van der Waals surface area contributed by atoms with Crippen molar-refractivity contribution in [1.82, 2.24) is 45.3 Å². The van der Waals surface area contributed by atoms with E-state index in [-0.39, 0.29) is 15.6 Å². The number of hydrogen-bond acceptors (Lipinski definition) is 9. The number of fused-ring (bicyclic) bond motifs is 1. The summed E-state index contributed by atoms with van der Waals surface area (Å²) in [6.07, 6.45) is 7.22. The van der Waals surface area contributed by atoms with E-state index in [1.54, 1.807) is 25.5 Å². The zero-order chi connectivity index (χ0) is 27.4. The first-order valence-corrected chi connectivity index (χ1v) is 12.3. The number of rotatable bonds is 5. The van der Waals surface area contributed by atoms with Gasteiger partial charge in [0.15, 0.2) is 10.8 Å². The molecule has 4 aromatic rings. The van der Waals surface area contributed by atoms with Crippen molar-refractivity contribution in [3.05, 3.63) is 50.5 Å². The van der Waals surface area contributed by atoms with Gasteiger partial charge in [-0.3, -0.25) is 25.6 Å². The smallest absolute Gasteiger partial charge is 0.413 e. The molecule has 0 aromatic carbocycles. The summed E-state index contributed by atoms with van der Waals surface area (Å²) in [5.74, 6) is 1.37. The number of H-pyrrole nitrogens is 4. The van der Waals surface area contributed by atoms with Gasteiger partial charge in [0.05, 0.1) is 19.0 Å². The number of nitrogens with two attached hydrogens (primary N) is 1. The number of aromatic nitrogens is 8. The molecule has 0 aliphatic rings. The number of amides is 1. The number of nitrogens with zero attached hydrogens (tertiary/aromatic N) is 4. The number of nitrogens with one attached hydrogen (secondary N) is 6. The number of nitrogen functional groups attached to an aromatic ring is 1. The predicted molar refractivity (Wildman–Crippen MR) is 147 cm³/mol. The van der Waals surface area contributed by atoms with Gasteiger partial charge < -0.3 is 15.8 Å². The van der Waals surface area contributed by atoms with E-state index in [4.69, 9.17) is 30.2 Å². The molecule has 14 nitrogen and oxygen atoms in total. The number of anilines is 2. The molecular formula is C21H31N11O3S2. The van der Waals surface area contributed by atoms with Crippen LogP contribution in [0.25, 0.3) is 5.65 Å². The summed E-state index contributed by atoms with van der Waals surface area (Å²) in [5, 5.41) is 21.2. The molecule has 4 heterocycles. The second kappa shape index (κ2) is 14.5. The molecule has 200 valence electrons. The van der Waals surface area contributed by atoms with Crippen LogP contribution in [0.5, 0.6) is 0 Å². The average molecular weight is 550 g/mol. The maximum absolute atomic E-state index is 11.3. The zero-order valence-electron chi connectivity index (χ0n) is 21.0. The van der Waals surface area contributed by atoms with Gasteiger partial charge in [-0.25, -0.2) is 14.6 Å². The van der Waals surface area contributed by atoms with Crippen LogP contribution in [-0.2, 0) is 24.0 Å². The SMILES string of the molecule is CCOC(=O)NC(=S)Nc1[nH]ncc1CC.CCc1c[nH]n2c(=O)[nH]c(=S)nc12.CCc1cn[nH]c1N. The Bertz CT molecular complexity index is 1420. The molecule has 0 unspecified atom stereocenters. The summed E-state index contributed by atoms with van der Waals surface area (Å²) in [6.45, 7) is 8.06. The standard InChI is InChI=1S/C9H14N4O2S.C7H8N4OS.C5H9N3/c1-3-6-5-10-13-7(6)11-8(16)12-9(14)15-4-2;1-2-4-3-8-11-5(4)9-6(13)10-7(11)12;1-2-4-3-7-8-5(4)6/h5H,3-4H2,1-2H3,(H3,10,11,12,13,14,16);3,8H,2H2,1H3,(H,10,12,13);3H,2H2,1H3,(H3,6,7,8). The van der Waals surface area contributed by atoms with E-state index in [9.17, 15) is 9.59 Å². The average Bonchev–Trinajstić information content (AvgIpc) is 3.59. The van der Waals surface area contributed by atoms with E-state index >= 15 is 0 Å². The van der Waals surface area contributed by atoms with Gasteiger partial charge in [0.2, 0.25) is 4.77 Å². The van der Waals surface area contributed by atoms with Crippen molar-refractivity contribution >= 4 is 52.9 Å². The Kier molecular flexibility index (Phi) is 11.4. The Hall–Kier alpha value is -4.05. The molecular weight excluding hydrogens is 518 g/mol. The minimum Gasteiger partial charge on any atom is -0.450 e. The first-order chi connectivity index (χ1) is 17.7. The maximum atomic E-state index is 11.3. The number of thiocarbonyl (C=S) groups is 1. The third-order valence-electron chi connectivity index (χ3n) is 4.83. The molecule has 8 N–H and O–H groups in total. The van der Waals surface area contributed by atoms with E-state index in [0.717, 1.165) is 36.0 Å². The second-order valence-electron chi connectivity index (χ2n) is 7.24. The molecule has 0 atom stereocenters. The van der Waals surface area contributed by atoms with Crippen LogP contribution < -0.4 is 22.1 Å². The summed E-state index contributed by atoms with van der Waals surface area (Å²) < 4.78 is 6.25. The Morgan fingerprint density at radius 1 is 1.08 bits per heavy atom. The lowest BCUT2D eigenvalue weighted by atomic mass is 10.2. The number of ether oxygens (including phenoxy) is 1. The van der Waals surface area contributed by atoms with Crippen LogP contribution in [0.15, 0.2) is 23.4 Å². The molecule has 0 bridgehead atoms. The van der Waals surface area contributed by atoms with E-state index in [1.807, 2.05) is 20.8 Å². The van der Waals surface area contributed by atoms with Crippen LogP contribution in [0, 0.1) is 4.77 Å². The molecule has 16 heteroatoms. The molecule has 4 aromatic heterocycles. The molecule has 0 saturated heterocycles. The van der Waals surface area contributed by atoms with Crippen LogP contribution in [0.2, 0.25) is 0 Å². The van der Waals surface area contributed by atoms with E-state index in [1.165, 1.54) is 4.52 Å². The molecule has 0 spiro atoms. The number of alkyl carbamates (subject to hydrolysis) is 1. The third-order valence-corrected chi connectivity index (χ3v) is 5.23. The fraction of sp³-hybridized carbons (Fsp3) is 0.381. The van der Waals surface area contributed by atoms with Crippen molar-refractivity contribution in [1.29, 1.82) is 0 Å². The lowest BCUT2D eigenvalue weighted by Gasteiger charge is -2.08. The van der Waals surface area contributed by atoms with Gasteiger partial charge in [-0.2, -0.15) is 14.7 Å². The number of aryl methyl sites for hydroxylation is 3. The zero-order valence-corrected chi connectivity index (χ0v) is 22.6. The van der Waals surface area contributed by atoms with Gasteiger partial charge in [0.25, 0.3) is 0 Å². The van der Waals surface area contributed by atoms with Crippen molar-refractivity contribution in [2.24, 2.45) is 0 Å². The second-order valence-corrected chi connectivity index (χ2v) is 8.04. The van der Waals surface area contributed by atoms with Crippen LogP contribution in [0.3, 0.4) is 0 Å². The Morgan fingerprint density at radius 3 is 2.30 bits per heavy atom. The minimum absolute atomic E-state index is 0.178. The molecule has 4 rings (SSSR count). The normalized spacial score (nSPS) is 10.1. The molecule has 37 heavy (non-hydrogen) atoms. The largest absolute Gasteiger partial charge is 0.450 e. The van der Waals surface area contributed by atoms with Crippen molar-refractivity contribution in [3.8, 4) is 0 Å². The van der Waals surface area contributed by atoms with Crippen molar-refractivity contribution in [2.45, 2.75) is 47.0 Å². The maximum Gasteiger partial charge on any atom is 0.413 e. The highest BCUT2D eigenvalue weighted by Gasteiger charge is 2.08. The lowest BCUT2D eigenvalue weighted by molar-refractivity contribution is 0.158. The van der Waals surface area contributed by atoms with Crippen LogP contribution >= 0.6 is 24.4 Å². The van der Waals surface area contributed by atoms with Crippen molar-refractivity contribution in [3.63, 3.8) is 0 Å². The number of carbonyl (C=O) groups excluding carboxylic acids is 1. The summed E-state index contributed by atoms with van der Waals surface area (Å²) in [7, 11) is 0. The Balaban J connectivity index is 0.000000205. The Morgan fingerprint density at radius 2 is 1.73 bits per heavy atom. The highest BCUT2D eigenvalue weighted by Crippen LogP contribution is 2.10. The molecule has 1 amide bonds. The van der Waals surface area contributed by atoms with Gasteiger partial charge in [0, 0.05) is 22.9 Å². The number of hydrogen-bond donors (Lipinski definition) is 7. The lowest BCUT2D eigenvalue weighted by Crippen LogP contribution is -2.34. The van der Waals surface area contributed by atoms with Gasteiger partial charge >= 0.3 is 11.8 Å². The summed E-state index contributed by atoms with van der Waals surface area (Å²) in [4.78, 5) is 28.8. The van der Waals surface area contributed by atoms with E-state index in [0.29, 0.717) is 23.9 Å². The topological polar surface area (TPSA) is 200 Å². The molecule has 0 aliphatic heterocycles. The summed E-state index contributed by atoms with van der Waals surface area (Å²) in [6, 6.07) is 0. The Labute approximate surface area is 222 Å². The quantitative estimate of drug-likeness (QED) is 0.181. The highest BCUT2D eigenvalue weighted by atomic mass is 32.1. The highest BCUT2D eigenvalue weighted by molar-refractivity contribution is 7.80. The van der Waals surface area contributed by atoms with Crippen LogP contribution in [-0.4, -0.2) is 57.8 Å². The van der Waals surface area contributed by atoms with Crippen molar-refractivity contribution < 1.29 is 9.53 Å². The number of carbonyl (C=O) groups is 1. The van der Waals surface area contributed by atoms with Gasteiger partial charge in [-0.05, 0) is 50.6 Å². The molecule has 0 radical (unpaired) electrons. The fourth-order valence-electron chi connectivity index (χ4n) is 2.91. The monoisotopic (exact) mass is 549 g/mol. The number of aromatic amines is 4. The van der Waals surface area contributed by atoms with Crippen LogP contribution in [0.1, 0.15) is 44.4 Å². The van der Waals surface area contributed by atoms with E-state index < -0.39 is 6.09 Å². The van der Waals surface area contributed by atoms with E-state index in [2.05, 4.69) is 50.8 Å². The third kappa shape index (κ3) is 8.53.